The molecule has 20 heavy (non-hydrogen) atoms. The number of thioether (sulfide) groups is 1. The van der Waals surface area contributed by atoms with E-state index in [1.807, 2.05) is 42.5 Å². The van der Waals surface area contributed by atoms with Crippen LogP contribution in [0.2, 0.25) is 0 Å². The van der Waals surface area contributed by atoms with Gasteiger partial charge >= 0.3 is 0 Å². The molecule has 0 amide bonds. The number of aromatic nitrogens is 1. The smallest absolute Gasteiger partial charge is 0.103 e. The number of rotatable bonds is 6. The summed E-state index contributed by atoms with van der Waals surface area (Å²) in [6, 6.07) is 13.5. The van der Waals surface area contributed by atoms with E-state index in [1.165, 1.54) is 0 Å². The zero-order chi connectivity index (χ0) is 14.4. The number of benzene rings is 1. The molecule has 0 radical (unpaired) electrons. The third kappa shape index (κ3) is 4.06. The van der Waals surface area contributed by atoms with Crippen molar-refractivity contribution in [3.8, 4) is 0 Å². The van der Waals surface area contributed by atoms with E-state index >= 15 is 0 Å². The third-order valence-corrected chi connectivity index (χ3v) is 4.53. The number of pyridine rings is 1. The van der Waals surface area contributed by atoms with Crippen LogP contribution in [-0.4, -0.2) is 22.4 Å². The van der Waals surface area contributed by atoms with Gasteiger partial charge in [0.05, 0.1) is 5.03 Å². The van der Waals surface area contributed by atoms with Crippen LogP contribution < -0.4 is 5.73 Å². The predicted octanol–water partition coefficient (Wildman–Crippen LogP) is 3.17. The molecule has 3 nitrogen and oxygen atoms in total. The molecule has 0 aliphatic rings. The monoisotopic (exact) mass is 352 g/mol. The normalized spacial score (nSPS) is 13.9. The molecule has 0 bridgehead atoms. The minimum absolute atomic E-state index is 0.214. The number of hydrogen-bond acceptors (Lipinski definition) is 4. The van der Waals surface area contributed by atoms with E-state index in [2.05, 4.69) is 20.9 Å². The molecular formula is C15H17BrN2OS. The van der Waals surface area contributed by atoms with E-state index in [1.54, 1.807) is 18.0 Å². The van der Waals surface area contributed by atoms with Gasteiger partial charge in [0.25, 0.3) is 0 Å². The average Bonchev–Trinajstić information content (AvgIpc) is 2.50. The lowest BCUT2D eigenvalue weighted by atomic mass is 9.91. The first-order valence-electron chi connectivity index (χ1n) is 6.36. The first kappa shape index (κ1) is 15.5. The molecule has 1 aromatic heterocycles. The summed E-state index contributed by atoms with van der Waals surface area (Å²) in [5, 5.41) is 11.6. The van der Waals surface area contributed by atoms with Crippen molar-refractivity contribution in [3.63, 3.8) is 0 Å². The predicted molar refractivity (Wildman–Crippen MR) is 86.7 cm³/mol. The molecule has 5 heteroatoms. The van der Waals surface area contributed by atoms with Gasteiger partial charge in [0.1, 0.15) is 5.60 Å². The number of aliphatic hydroxyl groups is 1. The van der Waals surface area contributed by atoms with Crippen molar-refractivity contribution in [2.24, 2.45) is 5.73 Å². The third-order valence-electron chi connectivity index (χ3n) is 3.11. The molecule has 1 unspecified atom stereocenters. The lowest BCUT2D eigenvalue weighted by Gasteiger charge is -2.26. The summed E-state index contributed by atoms with van der Waals surface area (Å²) >= 11 is 4.98. The van der Waals surface area contributed by atoms with Crippen LogP contribution in [0.4, 0.5) is 0 Å². The van der Waals surface area contributed by atoms with Crippen LogP contribution in [0.5, 0.6) is 0 Å². The Morgan fingerprint density at radius 3 is 2.55 bits per heavy atom. The quantitative estimate of drug-likeness (QED) is 0.784. The van der Waals surface area contributed by atoms with Gasteiger partial charge in [-0.25, -0.2) is 4.98 Å². The van der Waals surface area contributed by atoms with E-state index in [0.717, 1.165) is 20.8 Å². The van der Waals surface area contributed by atoms with Crippen molar-refractivity contribution < 1.29 is 5.11 Å². The van der Waals surface area contributed by atoms with E-state index in [4.69, 9.17) is 5.73 Å². The zero-order valence-electron chi connectivity index (χ0n) is 11.0. The summed E-state index contributed by atoms with van der Waals surface area (Å²) in [6.07, 6.45) is 2.37. The van der Waals surface area contributed by atoms with Gasteiger partial charge in [-0.15, -0.1) is 11.8 Å². The van der Waals surface area contributed by atoms with Gasteiger partial charge in [0, 0.05) is 23.0 Å². The Hall–Kier alpha value is -0.880. The second-order valence-electron chi connectivity index (χ2n) is 4.51. The SMILES string of the molecule is NCC(O)(CCSc1ccc(Br)cn1)c1ccccc1. The van der Waals surface area contributed by atoms with Crippen LogP contribution in [0, 0.1) is 0 Å². The van der Waals surface area contributed by atoms with Crippen LogP contribution in [0.1, 0.15) is 12.0 Å². The highest BCUT2D eigenvalue weighted by Gasteiger charge is 2.26. The molecule has 0 saturated carbocycles. The summed E-state index contributed by atoms with van der Waals surface area (Å²) in [4.78, 5) is 4.30. The van der Waals surface area contributed by atoms with E-state index in [9.17, 15) is 5.11 Å². The lowest BCUT2D eigenvalue weighted by molar-refractivity contribution is 0.0431. The standard InChI is InChI=1S/C15H17BrN2OS/c16-13-6-7-14(18-10-13)20-9-8-15(19,11-17)12-4-2-1-3-5-12/h1-7,10,19H,8-9,11,17H2. The fourth-order valence-electron chi connectivity index (χ4n) is 1.88. The summed E-state index contributed by atoms with van der Waals surface area (Å²) < 4.78 is 0.963. The Balaban J connectivity index is 1.96. The molecule has 3 N–H and O–H groups in total. The molecule has 0 spiro atoms. The van der Waals surface area contributed by atoms with Crippen LogP contribution >= 0.6 is 27.7 Å². The van der Waals surface area contributed by atoms with Crippen LogP contribution in [0.25, 0.3) is 0 Å². The van der Waals surface area contributed by atoms with Crippen molar-refractivity contribution in [1.82, 2.24) is 4.98 Å². The van der Waals surface area contributed by atoms with Gasteiger partial charge < -0.3 is 10.8 Å². The zero-order valence-corrected chi connectivity index (χ0v) is 13.4. The van der Waals surface area contributed by atoms with E-state index < -0.39 is 5.60 Å². The van der Waals surface area contributed by atoms with Crippen LogP contribution in [0.3, 0.4) is 0 Å². The maximum Gasteiger partial charge on any atom is 0.103 e. The minimum atomic E-state index is -0.969. The fourth-order valence-corrected chi connectivity index (χ4v) is 3.06. The van der Waals surface area contributed by atoms with Gasteiger partial charge in [-0.05, 0) is 40.0 Å². The molecule has 0 fully saturated rings. The largest absolute Gasteiger partial charge is 0.384 e. The molecule has 2 rings (SSSR count). The maximum absolute atomic E-state index is 10.6. The summed E-state index contributed by atoms with van der Waals surface area (Å²) in [6.45, 7) is 0.214. The molecule has 2 aromatic rings. The molecular weight excluding hydrogens is 336 g/mol. The Labute approximate surface area is 131 Å². The topological polar surface area (TPSA) is 59.1 Å². The van der Waals surface area contributed by atoms with Crippen molar-refractivity contribution in [3.05, 3.63) is 58.7 Å². The van der Waals surface area contributed by atoms with Crippen molar-refractivity contribution in [1.29, 1.82) is 0 Å². The number of nitrogens with zero attached hydrogens (tertiary/aromatic N) is 1. The lowest BCUT2D eigenvalue weighted by Crippen LogP contribution is -2.35. The average molecular weight is 353 g/mol. The second-order valence-corrected chi connectivity index (χ2v) is 6.55. The molecule has 106 valence electrons. The molecule has 1 atom stereocenters. The molecule has 0 aliphatic carbocycles. The van der Waals surface area contributed by atoms with Gasteiger partial charge in [-0.1, -0.05) is 30.3 Å². The highest BCUT2D eigenvalue weighted by atomic mass is 79.9. The first-order chi connectivity index (χ1) is 9.64. The number of hydrogen-bond donors (Lipinski definition) is 2. The summed E-state index contributed by atoms with van der Waals surface area (Å²) in [7, 11) is 0. The van der Waals surface area contributed by atoms with Gasteiger partial charge in [-0.3, -0.25) is 0 Å². The highest BCUT2D eigenvalue weighted by Crippen LogP contribution is 2.27. The van der Waals surface area contributed by atoms with Crippen molar-refractivity contribution >= 4 is 27.7 Å². The Kier molecular flexibility index (Phi) is 5.60. The summed E-state index contributed by atoms with van der Waals surface area (Å²) in [5.74, 6) is 0.761. The van der Waals surface area contributed by atoms with Gasteiger partial charge in [0.15, 0.2) is 0 Å². The van der Waals surface area contributed by atoms with Crippen LogP contribution in [-0.2, 0) is 5.60 Å². The van der Waals surface area contributed by atoms with E-state index in [0.29, 0.717) is 6.42 Å². The number of nitrogens with two attached hydrogens (primary N) is 1. The fraction of sp³-hybridized carbons (Fsp3) is 0.267. The Morgan fingerprint density at radius 2 is 1.95 bits per heavy atom. The maximum atomic E-state index is 10.6. The van der Waals surface area contributed by atoms with Crippen molar-refractivity contribution in [2.75, 3.05) is 12.3 Å². The highest BCUT2D eigenvalue weighted by molar-refractivity contribution is 9.10. The van der Waals surface area contributed by atoms with Crippen LogP contribution in [0.15, 0.2) is 58.2 Å². The summed E-state index contributed by atoms with van der Waals surface area (Å²) in [5.41, 5.74) is 5.66. The molecule has 1 aromatic carbocycles. The van der Waals surface area contributed by atoms with E-state index in [-0.39, 0.29) is 6.54 Å². The second kappa shape index (κ2) is 7.22. The van der Waals surface area contributed by atoms with Gasteiger partial charge in [-0.2, -0.15) is 0 Å². The molecule has 1 heterocycles. The minimum Gasteiger partial charge on any atom is -0.384 e. The molecule has 0 aliphatic heterocycles. The first-order valence-corrected chi connectivity index (χ1v) is 8.14. The Morgan fingerprint density at radius 1 is 1.20 bits per heavy atom. The van der Waals surface area contributed by atoms with Gasteiger partial charge in [0.2, 0.25) is 0 Å². The molecule has 0 saturated heterocycles. The number of halogens is 1. The van der Waals surface area contributed by atoms with Crippen molar-refractivity contribution in [2.45, 2.75) is 17.0 Å². The Bertz CT molecular complexity index is 535.